The van der Waals surface area contributed by atoms with E-state index in [-0.39, 0.29) is 18.2 Å². The van der Waals surface area contributed by atoms with Crippen molar-refractivity contribution < 1.29 is 22.3 Å². The first-order valence-electron chi connectivity index (χ1n) is 8.69. The molecule has 1 unspecified atom stereocenters. The van der Waals surface area contributed by atoms with Crippen molar-refractivity contribution in [3.05, 3.63) is 59.9 Å². The van der Waals surface area contributed by atoms with Crippen LogP contribution in [-0.2, 0) is 20.6 Å². The summed E-state index contributed by atoms with van der Waals surface area (Å²) in [7, 11) is -3.80. The van der Waals surface area contributed by atoms with Crippen LogP contribution in [0.25, 0.3) is 0 Å². The third kappa shape index (κ3) is 4.39. The van der Waals surface area contributed by atoms with Crippen LogP contribution < -0.4 is 14.4 Å². The highest BCUT2D eigenvalue weighted by molar-refractivity contribution is 7.92. The highest BCUT2D eigenvalue weighted by Crippen LogP contribution is 2.35. The highest BCUT2D eigenvalue weighted by Gasteiger charge is 2.36. The maximum absolute atomic E-state index is 13.1. The topological polar surface area (TPSA) is 75.7 Å². The van der Waals surface area contributed by atoms with Crippen LogP contribution in [0.2, 0.25) is 0 Å². The van der Waals surface area contributed by atoms with Gasteiger partial charge in [0.2, 0.25) is 10.0 Å². The number of carbonyl (C=O) groups excluding carboxylic acids is 1. The van der Waals surface area contributed by atoms with Gasteiger partial charge >= 0.3 is 0 Å². The van der Waals surface area contributed by atoms with Gasteiger partial charge in [0.15, 0.2) is 6.10 Å². The molecule has 1 heterocycles. The van der Waals surface area contributed by atoms with Gasteiger partial charge in [-0.15, -0.1) is 0 Å². The minimum atomic E-state index is -3.80. The first kappa shape index (κ1) is 19.2. The second kappa shape index (κ2) is 7.96. The van der Waals surface area contributed by atoms with E-state index in [0.29, 0.717) is 23.5 Å². The Hall–Kier alpha value is -2.61. The van der Waals surface area contributed by atoms with E-state index >= 15 is 0 Å². The van der Waals surface area contributed by atoms with Gasteiger partial charge in [0.25, 0.3) is 5.91 Å². The molecule has 6 nitrogen and oxygen atoms in total. The molecular weight excluding hydrogens is 371 g/mol. The quantitative estimate of drug-likeness (QED) is 0.819. The number of fused-ring (bicyclic) bond motifs is 1. The molecule has 27 heavy (non-hydrogen) atoms. The molecule has 1 aliphatic heterocycles. The van der Waals surface area contributed by atoms with Gasteiger partial charge in [-0.3, -0.25) is 9.10 Å². The van der Waals surface area contributed by atoms with E-state index in [2.05, 4.69) is 5.32 Å². The summed E-state index contributed by atoms with van der Waals surface area (Å²) < 4.78 is 46.1. The SMILES string of the molecule is CCCNC(=O)C1CN(S(=O)(=O)Cc2ccc(F)cc2)c2ccccc2O1. The Morgan fingerprint density at radius 3 is 2.63 bits per heavy atom. The number of amides is 1. The summed E-state index contributed by atoms with van der Waals surface area (Å²) in [6.07, 6.45) is -0.170. The molecule has 0 fully saturated rings. The van der Waals surface area contributed by atoms with Crippen molar-refractivity contribution >= 4 is 21.6 Å². The maximum Gasteiger partial charge on any atom is 0.263 e. The number of hydrogen-bond acceptors (Lipinski definition) is 4. The van der Waals surface area contributed by atoms with Gasteiger partial charge in [0, 0.05) is 6.54 Å². The summed E-state index contributed by atoms with van der Waals surface area (Å²) in [5.41, 5.74) is 0.853. The molecule has 144 valence electrons. The number of rotatable bonds is 6. The number of nitrogens with zero attached hydrogens (tertiary/aromatic N) is 1. The molecule has 0 spiro atoms. The number of nitrogens with one attached hydrogen (secondary N) is 1. The van der Waals surface area contributed by atoms with Crippen molar-refractivity contribution in [1.29, 1.82) is 0 Å². The third-order valence-electron chi connectivity index (χ3n) is 4.17. The minimum absolute atomic E-state index is 0.115. The van der Waals surface area contributed by atoms with Crippen molar-refractivity contribution in [2.45, 2.75) is 25.2 Å². The molecule has 0 saturated carbocycles. The molecule has 2 aromatic carbocycles. The molecule has 2 aromatic rings. The number of ether oxygens (including phenoxy) is 1. The molecule has 1 atom stereocenters. The lowest BCUT2D eigenvalue weighted by Gasteiger charge is -2.34. The van der Waals surface area contributed by atoms with E-state index in [4.69, 9.17) is 4.74 Å². The fourth-order valence-electron chi connectivity index (χ4n) is 2.83. The van der Waals surface area contributed by atoms with Crippen molar-refractivity contribution in [3.8, 4) is 5.75 Å². The predicted molar refractivity (Wildman–Crippen MR) is 101 cm³/mol. The number of anilines is 1. The van der Waals surface area contributed by atoms with E-state index in [9.17, 15) is 17.6 Å². The number of para-hydroxylation sites is 2. The number of halogens is 1. The van der Waals surface area contributed by atoms with E-state index < -0.39 is 21.9 Å². The first-order chi connectivity index (χ1) is 12.9. The number of sulfonamides is 1. The van der Waals surface area contributed by atoms with Gasteiger partial charge in [0.05, 0.1) is 18.0 Å². The van der Waals surface area contributed by atoms with Crippen LogP contribution in [0.4, 0.5) is 10.1 Å². The van der Waals surface area contributed by atoms with Gasteiger partial charge in [-0.1, -0.05) is 31.2 Å². The lowest BCUT2D eigenvalue weighted by atomic mass is 10.2. The highest BCUT2D eigenvalue weighted by atomic mass is 32.2. The van der Waals surface area contributed by atoms with Gasteiger partial charge < -0.3 is 10.1 Å². The first-order valence-corrected chi connectivity index (χ1v) is 10.3. The van der Waals surface area contributed by atoms with E-state index in [1.165, 1.54) is 28.6 Å². The lowest BCUT2D eigenvalue weighted by molar-refractivity contribution is -0.127. The van der Waals surface area contributed by atoms with Crippen LogP contribution in [0.3, 0.4) is 0 Å². The van der Waals surface area contributed by atoms with Crippen LogP contribution in [-0.4, -0.2) is 33.5 Å². The van der Waals surface area contributed by atoms with E-state index in [1.54, 1.807) is 24.3 Å². The Morgan fingerprint density at radius 2 is 1.93 bits per heavy atom. The van der Waals surface area contributed by atoms with Gasteiger partial charge in [-0.05, 0) is 36.2 Å². The molecular formula is C19H21FN2O4S. The molecule has 0 aliphatic carbocycles. The average Bonchev–Trinajstić information content (AvgIpc) is 2.66. The summed E-state index contributed by atoms with van der Waals surface area (Å²) in [6.45, 7) is 2.30. The van der Waals surface area contributed by atoms with Crippen LogP contribution in [0.1, 0.15) is 18.9 Å². The van der Waals surface area contributed by atoms with Crippen LogP contribution >= 0.6 is 0 Å². The molecule has 0 bridgehead atoms. The minimum Gasteiger partial charge on any atom is -0.476 e. The Morgan fingerprint density at radius 1 is 1.22 bits per heavy atom. The number of benzene rings is 2. The smallest absolute Gasteiger partial charge is 0.263 e. The molecule has 0 aromatic heterocycles. The summed E-state index contributed by atoms with van der Waals surface area (Å²) in [4.78, 5) is 12.3. The standard InChI is InChI=1S/C19H21FN2O4S/c1-2-11-21-19(23)18-12-22(16-5-3-4-6-17(16)26-18)27(24,25)13-14-7-9-15(20)10-8-14/h3-10,18H,2,11-13H2,1H3,(H,21,23). The zero-order chi connectivity index (χ0) is 19.4. The summed E-state index contributed by atoms with van der Waals surface area (Å²) in [5, 5.41) is 2.73. The molecule has 0 radical (unpaired) electrons. The summed E-state index contributed by atoms with van der Waals surface area (Å²) >= 11 is 0. The summed E-state index contributed by atoms with van der Waals surface area (Å²) in [6, 6.07) is 12.0. The van der Waals surface area contributed by atoms with Gasteiger partial charge in [-0.25, -0.2) is 12.8 Å². The van der Waals surface area contributed by atoms with Crippen LogP contribution in [0.15, 0.2) is 48.5 Å². The second-order valence-corrected chi connectivity index (χ2v) is 8.17. The van der Waals surface area contributed by atoms with E-state index in [0.717, 1.165) is 6.42 Å². The Balaban J connectivity index is 1.89. The molecule has 1 N–H and O–H groups in total. The number of hydrogen-bond donors (Lipinski definition) is 1. The Labute approximate surface area is 158 Å². The van der Waals surface area contributed by atoms with Crippen LogP contribution in [0, 0.1) is 5.82 Å². The summed E-state index contributed by atoms with van der Waals surface area (Å²) in [5.74, 6) is -0.748. The zero-order valence-corrected chi connectivity index (χ0v) is 15.7. The average molecular weight is 392 g/mol. The van der Waals surface area contributed by atoms with Crippen molar-refractivity contribution in [3.63, 3.8) is 0 Å². The Kier molecular flexibility index (Phi) is 5.65. The fourth-order valence-corrected chi connectivity index (χ4v) is 4.42. The molecule has 3 rings (SSSR count). The Bertz CT molecular complexity index is 916. The third-order valence-corrected chi connectivity index (χ3v) is 5.89. The van der Waals surface area contributed by atoms with Gasteiger partial charge in [-0.2, -0.15) is 0 Å². The predicted octanol–water partition coefficient (Wildman–Crippen LogP) is 2.45. The largest absolute Gasteiger partial charge is 0.476 e. The zero-order valence-electron chi connectivity index (χ0n) is 14.9. The normalized spacial score (nSPS) is 16.4. The van der Waals surface area contributed by atoms with Crippen molar-refractivity contribution in [2.75, 3.05) is 17.4 Å². The van der Waals surface area contributed by atoms with E-state index in [1.807, 2.05) is 6.92 Å². The molecule has 8 heteroatoms. The lowest BCUT2D eigenvalue weighted by Crippen LogP contribution is -2.51. The van der Waals surface area contributed by atoms with Crippen molar-refractivity contribution in [2.24, 2.45) is 0 Å². The monoisotopic (exact) mass is 392 g/mol. The number of carbonyl (C=O) groups is 1. The van der Waals surface area contributed by atoms with Crippen LogP contribution in [0.5, 0.6) is 5.75 Å². The molecule has 0 saturated heterocycles. The second-order valence-electron chi connectivity index (χ2n) is 6.28. The fraction of sp³-hybridized carbons (Fsp3) is 0.316. The molecule has 1 aliphatic rings. The van der Waals surface area contributed by atoms with Gasteiger partial charge in [0.1, 0.15) is 11.6 Å². The maximum atomic E-state index is 13.1. The molecule has 1 amide bonds. The van der Waals surface area contributed by atoms with Crippen molar-refractivity contribution in [1.82, 2.24) is 5.32 Å².